The monoisotopic (exact) mass is 315 g/mol. The SMILES string of the molecule is COc1cccc(C2(C(=O)NCC(O)c3ccnn3C)CC2)c1. The van der Waals surface area contributed by atoms with Crippen LogP contribution in [0.4, 0.5) is 0 Å². The zero-order valence-corrected chi connectivity index (χ0v) is 13.3. The maximum absolute atomic E-state index is 12.6. The van der Waals surface area contributed by atoms with Gasteiger partial charge in [0, 0.05) is 19.8 Å². The number of carbonyl (C=O) groups excluding carboxylic acids is 1. The van der Waals surface area contributed by atoms with Gasteiger partial charge in [-0.15, -0.1) is 0 Å². The number of hydrogen-bond donors (Lipinski definition) is 2. The molecule has 1 amide bonds. The molecule has 1 unspecified atom stereocenters. The molecule has 1 heterocycles. The molecule has 0 radical (unpaired) electrons. The summed E-state index contributed by atoms with van der Waals surface area (Å²) in [5.74, 6) is 0.698. The Kier molecular flexibility index (Phi) is 4.09. The van der Waals surface area contributed by atoms with E-state index >= 15 is 0 Å². The summed E-state index contributed by atoms with van der Waals surface area (Å²) in [5.41, 5.74) is 1.15. The van der Waals surface area contributed by atoms with Crippen LogP contribution in [0, 0.1) is 0 Å². The van der Waals surface area contributed by atoms with Gasteiger partial charge in [-0.1, -0.05) is 12.1 Å². The van der Waals surface area contributed by atoms with Gasteiger partial charge in [0.1, 0.15) is 11.9 Å². The van der Waals surface area contributed by atoms with Gasteiger partial charge >= 0.3 is 0 Å². The summed E-state index contributed by atoms with van der Waals surface area (Å²) in [5, 5.41) is 17.1. The number of hydrogen-bond acceptors (Lipinski definition) is 4. The van der Waals surface area contributed by atoms with E-state index in [-0.39, 0.29) is 12.5 Å². The van der Waals surface area contributed by atoms with E-state index in [9.17, 15) is 9.90 Å². The lowest BCUT2D eigenvalue weighted by Crippen LogP contribution is -2.37. The van der Waals surface area contributed by atoms with E-state index < -0.39 is 11.5 Å². The van der Waals surface area contributed by atoms with Crippen LogP contribution in [0.3, 0.4) is 0 Å². The molecule has 0 spiro atoms. The number of benzene rings is 1. The fourth-order valence-electron chi connectivity index (χ4n) is 2.87. The summed E-state index contributed by atoms with van der Waals surface area (Å²) in [4.78, 5) is 12.6. The van der Waals surface area contributed by atoms with Crippen LogP contribution in [0.1, 0.15) is 30.2 Å². The Labute approximate surface area is 135 Å². The molecule has 1 aliphatic carbocycles. The predicted molar refractivity (Wildman–Crippen MR) is 85.1 cm³/mol. The highest BCUT2D eigenvalue weighted by molar-refractivity contribution is 5.91. The molecular weight excluding hydrogens is 294 g/mol. The summed E-state index contributed by atoms with van der Waals surface area (Å²) in [7, 11) is 3.38. The number of carbonyl (C=O) groups is 1. The van der Waals surface area contributed by atoms with Crippen LogP contribution in [0.25, 0.3) is 0 Å². The molecule has 3 rings (SSSR count). The molecule has 1 fully saturated rings. The molecule has 2 aromatic rings. The smallest absolute Gasteiger partial charge is 0.230 e. The van der Waals surface area contributed by atoms with E-state index in [2.05, 4.69) is 10.4 Å². The van der Waals surface area contributed by atoms with E-state index in [1.165, 1.54) is 0 Å². The van der Waals surface area contributed by atoms with Crippen molar-refractivity contribution in [2.75, 3.05) is 13.7 Å². The van der Waals surface area contributed by atoms with Gasteiger partial charge in [0.15, 0.2) is 0 Å². The normalized spacial score (nSPS) is 16.7. The van der Waals surface area contributed by atoms with Crippen molar-refractivity contribution in [1.82, 2.24) is 15.1 Å². The number of rotatable bonds is 6. The van der Waals surface area contributed by atoms with E-state index in [4.69, 9.17) is 4.74 Å². The first-order valence-electron chi connectivity index (χ1n) is 7.65. The number of amides is 1. The number of aromatic nitrogens is 2. The fraction of sp³-hybridized carbons (Fsp3) is 0.412. The van der Waals surface area contributed by atoms with Crippen LogP contribution >= 0.6 is 0 Å². The summed E-state index contributed by atoms with van der Waals surface area (Å²) in [6.45, 7) is 0.171. The molecule has 0 saturated heterocycles. The van der Waals surface area contributed by atoms with Gasteiger partial charge in [-0.3, -0.25) is 9.48 Å². The van der Waals surface area contributed by atoms with Crippen molar-refractivity contribution in [1.29, 1.82) is 0 Å². The van der Waals surface area contributed by atoms with Crippen LogP contribution in [-0.4, -0.2) is 34.4 Å². The number of ether oxygens (including phenoxy) is 1. The molecule has 0 aliphatic heterocycles. The molecule has 6 heteroatoms. The zero-order valence-electron chi connectivity index (χ0n) is 13.3. The molecular formula is C17H21N3O3. The number of aliphatic hydroxyl groups excluding tert-OH is 1. The van der Waals surface area contributed by atoms with E-state index in [1.54, 1.807) is 31.1 Å². The molecule has 1 aromatic carbocycles. The molecule has 122 valence electrons. The summed E-state index contributed by atoms with van der Waals surface area (Å²) in [6.07, 6.45) is 2.48. The third-order valence-corrected chi connectivity index (χ3v) is 4.46. The van der Waals surface area contributed by atoms with Crippen molar-refractivity contribution in [2.24, 2.45) is 7.05 Å². The Bertz CT molecular complexity index is 707. The second-order valence-corrected chi connectivity index (χ2v) is 5.92. The van der Waals surface area contributed by atoms with E-state index in [0.29, 0.717) is 5.69 Å². The van der Waals surface area contributed by atoms with Gasteiger partial charge in [0.05, 0.1) is 18.2 Å². The van der Waals surface area contributed by atoms with E-state index in [1.807, 2.05) is 24.3 Å². The van der Waals surface area contributed by atoms with Crippen LogP contribution < -0.4 is 10.1 Å². The Balaban J connectivity index is 1.67. The highest BCUT2D eigenvalue weighted by Crippen LogP contribution is 2.49. The summed E-state index contributed by atoms with van der Waals surface area (Å²) >= 11 is 0. The first kappa shape index (κ1) is 15.6. The minimum Gasteiger partial charge on any atom is -0.497 e. The Morgan fingerprint density at radius 1 is 1.48 bits per heavy atom. The van der Waals surface area contributed by atoms with Crippen molar-refractivity contribution >= 4 is 5.91 Å². The minimum absolute atomic E-state index is 0.0491. The average molecular weight is 315 g/mol. The van der Waals surface area contributed by atoms with Crippen molar-refractivity contribution in [3.8, 4) is 5.75 Å². The second-order valence-electron chi connectivity index (χ2n) is 5.92. The largest absolute Gasteiger partial charge is 0.497 e. The zero-order chi connectivity index (χ0) is 16.4. The molecule has 23 heavy (non-hydrogen) atoms. The minimum atomic E-state index is -0.771. The lowest BCUT2D eigenvalue weighted by Gasteiger charge is -2.18. The molecule has 1 saturated carbocycles. The molecule has 6 nitrogen and oxygen atoms in total. The van der Waals surface area contributed by atoms with Gasteiger partial charge in [0.25, 0.3) is 0 Å². The number of nitrogens with zero attached hydrogens (tertiary/aromatic N) is 2. The Morgan fingerprint density at radius 2 is 2.26 bits per heavy atom. The third kappa shape index (κ3) is 2.94. The maximum Gasteiger partial charge on any atom is 0.230 e. The highest BCUT2D eigenvalue weighted by atomic mass is 16.5. The van der Waals surface area contributed by atoms with Gasteiger partial charge in [-0.25, -0.2) is 0 Å². The lowest BCUT2D eigenvalue weighted by molar-refractivity contribution is -0.124. The van der Waals surface area contributed by atoms with Gasteiger partial charge in [0.2, 0.25) is 5.91 Å². The lowest BCUT2D eigenvalue weighted by atomic mass is 9.94. The summed E-state index contributed by atoms with van der Waals surface area (Å²) in [6, 6.07) is 9.36. The Hall–Kier alpha value is -2.34. The quantitative estimate of drug-likeness (QED) is 0.843. The Morgan fingerprint density at radius 3 is 2.87 bits per heavy atom. The van der Waals surface area contributed by atoms with Crippen LogP contribution in [0.5, 0.6) is 5.75 Å². The topological polar surface area (TPSA) is 76.4 Å². The number of nitrogens with one attached hydrogen (secondary N) is 1. The second kappa shape index (κ2) is 6.04. The molecule has 1 aromatic heterocycles. The predicted octanol–water partition coefficient (Wildman–Crippen LogP) is 1.31. The summed E-state index contributed by atoms with van der Waals surface area (Å²) < 4.78 is 6.84. The van der Waals surface area contributed by atoms with Crippen LogP contribution in [0.2, 0.25) is 0 Å². The van der Waals surface area contributed by atoms with Crippen molar-refractivity contribution in [3.05, 3.63) is 47.8 Å². The molecule has 1 aliphatic rings. The molecule has 2 N–H and O–H groups in total. The first-order valence-corrected chi connectivity index (χ1v) is 7.65. The maximum atomic E-state index is 12.6. The van der Waals surface area contributed by atoms with Gasteiger partial charge < -0.3 is 15.2 Å². The van der Waals surface area contributed by atoms with Crippen molar-refractivity contribution < 1.29 is 14.6 Å². The average Bonchev–Trinajstić information content (AvgIpc) is 3.28. The van der Waals surface area contributed by atoms with Gasteiger partial charge in [-0.2, -0.15) is 5.10 Å². The fourth-order valence-corrected chi connectivity index (χ4v) is 2.87. The van der Waals surface area contributed by atoms with Gasteiger partial charge in [-0.05, 0) is 36.6 Å². The third-order valence-electron chi connectivity index (χ3n) is 4.46. The van der Waals surface area contributed by atoms with Crippen molar-refractivity contribution in [3.63, 3.8) is 0 Å². The standard InChI is InChI=1S/C17H21N3O3/c1-20-14(6-9-19-20)15(21)11-18-16(22)17(7-8-17)12-4-3-5-13(10-12)23-2/h3-6,9-10,15,21H,7-8,11H2,1-2H3,(H,18,22). The first-order chi connectivity index (χ1) is 11.1. The van der Waals surface area contributed by atoms with Crippen LogP contribution in [-0.2, 0) is 17.3 Å². The van der Waals surface area contributed by atoms with Crippen LogP contribution in [0.15, 0.2) is 36.5 Å². The number of methoxy groups -OCH3 is 1. The van der Waals surface area contributed by atoms with Crippen molar-refractivity contribution in [2.45, 2.75) is 24.4 Å². The molecule has 1 atom stereocenters. The number of aryl methyl sites for hydroxylation is 1. The van der Waals surface area contributed by atoms with E-state index in [0.717, 1.165) is 24.2 Å². The highest BCUT2D eigenvalue weighted by Gasteiger charge is 2.51. The molecule has 0 bridgehead atoms. The number of aliphatic hydroxyl groups is 1.